The Labute approximate surface area is 124 Å². The van der Waals surface area contributed by atoms with Gasteiger partial charge in [-0.1, -0.05) is 6.92 Å². The molecule has 0 radical (unpaired) electrons. The van der Waals surface area contributed by atoms with Gasteiger partial charge in [0.1, 0.15) is 5.82 Å². The Morgan fingerprint density at radius 2 is 2.21 bits per heavy atom. The van der Waals surface area contributed by atoms with Crippen LogP contribution in [0, 0.1) is 5.82 Å². The first-order valence-corrected chi connectivity index (χ1v) is 7.68. The van der Waals surface area contributed by atoms with Crippen LogP contribution >= 0.6 is 27.7 Å². The second kappa shape index (κ2) is 5.96. The van der Waals surface area contributed by atoms with E-state index in [-0.39, 0.29) is 5.82 Å². The first-order chi connectivity index (χ1) is 9.02. The van der Waals surface area contributed by atoms with Crippen molar-refractivity contribution < 1.29 is 4.39 Å². The lowest BCUT2D eigenvalue weighted by molar-refractivity contribution is 0.624. The van der Waals surface area contributed by atoms with E-state index in [1.807, 2.05) is 11.7 Å². The van der Waals surface area contributed by atoms with Crippen LogP contribution in [0.4, 0.5) is 10.1 Å². The van der Waals surface area contributed by atoms with E-state index in [1.165, 1.54) is 23.9 Å². The number of nitrogen functional groups attached to an aromatic ring is 1. The van der Waals surface area contributed by atoms with Gasteiger partial charge < -0.3 is 5.73 Å². The second-order valence-electron chi connectivity index (χ2n) is 4.16. The van der Waals surface area contributed by atoms with Crippen molar-refractivity contribution in [3.8, 4) is 0 Å². The SMILES string of the molecule is CCc1nn(C)c(CSc2cc(F)ccc2N)c1Br. The van der Waals surface area contributed by atoms with Gasteiger partial charge in [0.15, 0.2) is 0 Å². The highest BCUT2D eigenvalue weighted by Gasteiger charge is 2.13. The molecular formula is C13H15BrFN3S. The highest BCUT2D eigenvalue weighted by atomic mass is 79.9. The van der Waals surface area contributed by atoms with Crippen molar-refractivity contribution in [3.63, 3.8) is 0 Å². The van der Waals surface area contributed by atoms with Gasteiger partial charge in [-0.25, -0.2) is 4.39 Å². The van der Waals surface area contributed by atoms with Crippen LogP contribution in [0.25, 0.3) is 0 Å². The van der Waals surface area contributed by atoms with E-state index in [0.717, 1.165) is 27.2 Å². The summed E-state index contributed by atoms with van der Waals surface area (Å²) in [6, 6.07) is 4.42. The Morgan fingerprint density at radius 3 is 2.84 bits per heavy atom. The minimum absolute atomic E-state index is 0.269. The molecule has 6 heteroatoms. The Bertz CT molecular complexity index is 598. The molecule has 0 aliphatic rings. The minimum atomic E-state index is -0.269. The highest BCUT2D eigenvalue weighted by molar-refractivity contribution is 9.10. The highest BCUT2D eigenvalue weighted by Crippen LogP contribution is 2.32. The van der Waals surface area contributed by atoms with E-state index >= 15 is 0 Å². The van der Waals surface area contributed by atoms with Crippen LogP contribution < -0.4 is 5.73 Å². The van der Waals surface area contributed by atoms with E-state index in [9.17, 15) is 4.39 Å². The number of anilines is 1. The molecule has 0 aliphatic heterocycles. The van der Waals surface area contributed by atoms with Gasteiger partial charge in [-0.2, -0.15) is 5.10 Å². The first kappa shape index (κ1) is 14.4. The van der Waals surface area contributed by atoms with Crippen molar-refractivity contribution in [3.05, 3.63) is 39.9 Å². The van der Waals surface area contributed by atoms with Crippen molar-refractivity contribution in [2.75, 3.05) is 5.73 Å². The molecule has 0 bridgehead atoms. The fourth-order valence-corrected chi connectivity index (χ4v) is 3.75. The van der Waals surface area contributed by atoms with E-state index in [2.05, 4.69) is 28.0 Å². The smallest absolute Gasteiger partial charge is 0.124 e. The molecule has 2 N–H and O–H groups in total. The van der Waals surface area contributed by atoms with Crippen LogP contribution in [0.3, 0.4) is 0 Å². The van der Waals surface area contributed by atoms with Gasteiger partial charge in [0.2, 0.25) is 0 Å². The van der Waals surface area contributed by atoms with Crippen LogP contribution in [-0.2, 0) is 19.2 Å². The standard InChI is InChI=1S/C13H15BrFN3S/c1-3-10-13(14)11(18(2)17-10)7-19-12-6-8(15)4-5-9(12)16/h4-6H,3,7,16H2,1-2H3. The maximum Gasteiger partial charge on any atom is 0.124 e. The molecule has 1 aromatic heterocycles. The Balaban J connectivity index is 2.19. The van der Waals surface area contributed by atoms with Crippen molar-refractivity contribution in [1.82, 2.24) is 9.78 Å². The molecule has 0 atom stereocenters. The molecule has 3 nitrogen and oxygen atoms in total. The number of aromatic nitrogens is 2. The van der Waals surface area contributed by atoms with Crippen LogP contribution in [0.15, 0.2) is 27.6 Å². The molecule has 2 aromatic rings. The molecule has 0 aliphatic carbocycles. The molecule has 1 aromatic carbocycles. The number of hydrogen-bond acceptors (Lipinski definition) is 3. The summed E-state index contributed by atoms with van der Waals surface area (Å²) in [6.07, 6.45) is 0.876. The lowest BCUT2D eigenvalue weighted by Crippen LogP contribution is -1.97. The number of hydrogen-bond donors (Lipinski definition) is 1. The molecule has 19 heavy (non-hydrogen) atoms. The largest absolute Gasteiger partial charge is 0.398 e. The van der Waals surface area contributed by atoms with Crippen molar-refractivity contribution in [1.29, 1.82) is 0 Å². The number of aryl methyl sites for hydroxylation is 2. The molecule has 0 amide bonds. The van der Waals surface area contributed by atoms with E-state index in [4.69, 9.17) is 5.73 Å². The average Bonchev–Trinajstić information content (AvgIpc) is 2.66. The lowest BCUT2D eigenvalue weighted by Gasteiger charge is -2.06. The van der Waals surface area contributed by atoms with Gasteiger partial charge in [0.25, 0.3) is 0 Å². The van der Waals surface area contributed by atoms with Gasteiger partial charge >= 0.3 is 0 Å². The zero-order valence-corrected chi connectivity index (χ0v) is 13.2. The Kier molecular flexibility index (Phi) is 4.52. The summed E-state index contributed by atoms with van der Waals surface area (Å²) in [5, 5.41) is 4.43. The van der Waals surface area contributed by atoms with Gasteiger partial charge in [-0.15, -0.1) is 11.8 Å². The third-order valence-electron chi connectivity index (χ3n) is 2.84. The molecule has 102 valence electrons. The quantitative estimate of drug-likeness (QED) is 0.678. The number of rotatable bonds is 4. The summed E-state index contributed by atoms with van der Waals surface area (Å²) in [7, 11) is 1.91. The molecule has 0 unspecified atom stereocenters. The molecule has 1 heterocycles. The second-order valence-corrected chi connectivity index (χ2v) is 5.97. The van der Waals surface area contributed by atoms with E-state index in [0.29, 0.717) is 11.4 Å². The van der Waals surface area contributed by atoms with Crippen molar-refractivity contribution in [2.45, 2.75) is 24.0 Å². The van der Waals surface area contributed by atoms with Crippen LogP contribution in [0.2, 0.25) is 0 Å². The van der Waals surface area contributed by atoms with Gasteiger partial charge in [0.05, 0.1) is 15.9 Å². The maximum atomic E-state index is 13.2. The molecule has 0 fully saturated rings. The maximum absolute atomic E-state index is 13.2. The number of thioether (sulfide) groups is 1. The molecule has 0 saturated carbocycles. The van der Waals surface area contributed by atoms with Gasteiger partial charge in [-0.05, 0) is 40.5 Å². The van der Waals surface area contributed by atoms with Gasteiger partial charge in [-0.3, -0.25) is 4.68 Å². The molecular weight excluding hydrogens is 329 g/mol. The Morgan fingerprint density at radius 1 is 1.47 bits per heavy atom. The number of nitrogens with zero attached hydrogens (tertiary/aromatic N) is 2. The Hall–Kier alpha value is -1.01. The minimum Gasteiger partial charge on any atom is -0.398 e. The number of nitrogens with two attached hydrogens (primary N) is 1. The normalized spacial score (nSPS) is 10.9. The summed E-state index contributed by atoms with van der Waals surface area (Å²) in [5.74, 6) is 0.424. The number of benzene rings is 1. The van der Waals surface area contributed by atoms with Crippen LogP contribution in [-0.4, -0.2) is 9.78 Å². The summed E-state index contributed by atoms with van der Waals surface area (Å²) in [6.45, 7) is 2.06. The number of halogens is 2. The van der Waals surface area contributed by atoms with Crippen molar-refractivity contribution in [2.24, 2.45) is 7.05 Å². The third-order valence-corrected chi connectivity index (χ3v) is 4.84. The molecule has 0 saturated heterocycles. The fraction of sp³-hybridized carbons (Fsp3) is 0.308. The van der Waals surface area contributed by atoms with E-state index < -0.39 is 0 Å². The fourth-order valence-electron chi connectivity index (χ4n) is 1.76. The molecule has 0 spiro atoms. The van der Waals surface area contributed by atoms with Crippen LogP contribution in [0.5, 0.6) is 0 Å². The average molecular weight is 344 g/mol. The molecule has 2 rings (SSSR count). The third kappa shape index (κ3) is 3.12. The predicted octanol–water partition coefficient (Wildman–Crippen LogP) is 3.76. The monoisotopic (exact) mass is 343 g/mol. The zero-order chi connectivity index (χ0) is 14.0. The summed E-state index contributed by atoms with van der Waals surface area (Å²) < 4.78 is 16.1. The topological polar surface area (TPSA) is 43.8 Å². The van der Waals surface area contributed by atoms with Crippen LogP contribution in [0.1, 0.15) is 18.3 Å². The summed E-state index contributed by atoms with van der Waals surface area (Å²) >= 11 is 5.08. The van der Waals surface area contributed by atoms with Crippen molar-refractivity contribution >= 4 is 33.4 Å². The zero-order valence-electron chi connectivity index (χ0n) is 10.8. The van der Waals surface area contributed by atoms with E-state index in [1.54, 1.807) is 6.07 Å². The first-order valence-electron chi connectivity index (χ1n) is 5.91. The van der Waals surface area contributed by atoms with Gasteiger partial charge in [0, 0.05) is 23.4 Å². The summed E-state index contributed by atoms with van der Waals surface area (Å²) in [5.41, 5.74) is 8.54. The lowest BCUT2D eigenvalue weighted by atomic mass is 10.3. The summed E-state index contributed by atoms with van der Waals surface area (Å²) in [4.78, 5) is 0.756. The predicted molar refractivity (Wildman–Crippen MR) is 80.7 cm³/mol.